The molecular weight excluding hydrogens is 195 g/mol. The maximum atomic E-state index is 4.40. The van der Waals surface area contributed by atoms with E-state index in [1.54, 1.807) is 0 Å². The molecule has 1 aromatic heterocycles. The molecule has 1 aromatic carbocycles. The molecule has 0 atom stereocenters. The van der Waals surface area contributed by atoms with Crippen LogP contribution in [0, 0.1) is 0 Å². The predicted molar refractivity (Wildman–Crippen MR) is 66.4 cm³/mol. The second kappa shape index (κ2) is 3.85. The van der Waals surface area contributed by atoms with Crippen LogP contribution in [0.2, 0.25) is 0 Å². The minimum atomic E-state index is 1.01. The molecule has 0 saturated heterocycles. The topological polar surface area (TPSA) is 17.8 Å². The van der Waals surface area contributed by atoms with Crippen LogP contribution in [0.25, 0.3) is 11.2 Å². The fraction of sp³-hybridized carbons (Fsp3) is 0. The van der Waals surface area contributed by atoms with E-state index in [9.17, 15) is 0 Å². The lowest BCUT2D eigenvalue weighted by Crippen LogP contribution is -1.90. The molecule has 1 radical (unpaired) electrons. The van der Waals surface area contributed by atoms with E-state index in [-0.39, 0.29) is 0 Å². The van der Waals surface area contributed by atoms with Gasteiger partial charge in [-0.2, -0.15) is 0 Å². The fourth-order valence-corrected chi connectivity index (χ4v) is 1.76. The minimum absolute atomic E-state index is 1.01. The van der Waals surface area contributed by atoms with Gasteiger partial charge in [0, 0.05) is 11.9 Å². The number of allylic oxidation sites excluding steroid dienone is 2. The monoisotopic (exact) mass is 205 g/mol. The zero-order valence-corrected chi connectivity index (χ0v) is 8.75. The zero-order chi connectivity index (χ0) is 10.8. The van der Waals surface area contributed by atoms with Gasteiger partial charge in [-0.3, -0.25) is 0 Å². The van der Waals surface area contributed by atoms with Crippen molar-refractivity contribution < 1.29 is 0 Å². The van der Waals surface area contributed by atoms with Crippen molar-refractivity contribution in [3.63, 3.8) is 0 Å². The molecule has 2 aromatic rings. The molecule has 1 aliphatic heterocycles. The molecule has 3 heteroatoms. The molecule has 0 unspecified atom stereocenters. The lowest BCUT2D eigenvalue weighted by molar-refractivity contribution is 1.06. The van der Waals surface area contributed by atoms with Gasteiger partial charge < -0.3 is 4.57 Å². The molecule has 0 spiro atoms. The zero-order valence-electron chi connectivity index (χ0n) is 8.75. The molecule has 0 amide bonds. The second-order valence-electron chi connectivity index (χ2n) is 3.68. The molecule has 3 rings (SSSR count). The van der Waals surface area contributed by atoms with Crippen molar-refractivity contribution in [3.05, 3.63) is 66.7 Å². The highest BCUT2D eigenvalue weighted by Crippen LogP contribution is 2.16. The Kier molecular flexibility index (Phi) is 2.22. The number of imidazole rings is 1. The van der Waals surface area contributed by atoms with Crippen molar-refractivity contribution in [1.29, 1.82) is 0 Å². The van der Waals surface area contributed by atoms with Gasteiger partial charge >= 0.3 is 0 Å². The van der Waals surface area contributed by atoms with Gasteiger partial charge in [-0.1, -0.05) is 35.8 Å². The van der Waals surface area contributed by atoms with Gasteiger partial charge in [0.1, 0.15) is 0 Å². The molecule has 2 nitrogen and oxygen atoms in total. The molecule has 0 N–H and O–H groups in total. The van der Waals surface area contributed by atoms with E-state index in [0.29, 0.717) is 0 Å². The molecule has 16 heavy (non-hydrogen) atoms. The van der Waals surface area contributed by atoms with E-state index in [4.69, 9.17) is 0 Å². The summed E-state index contributed by atoms with van der Waals surface area (Å²) in [6.45, 7) is 0. The van der Waals surface area contributed by atoms with Crippen LogP contribution in [-0.4, -0.2) is 16.8 Å². The van der Waals surface area contributed by atoms with Gasteiger partial charge in [-0.25, -0.2) is 4.98 Å². The summed E-state index contributed by atoms with van der Waals surface area (Å²) in [5.41, 5.74) is 3.30. The van der Waals surface area contributed by atoms with Crippen LogP contribution < -0.4 is 0 Å². The van der Waals surface area contributed by atoms with Gasteiger partial charge in [0.2, 0.25) is 0 Å². The van der Waals surface area contributed by atoms with Crippen LogP contribution >= 0.6 is 0 Å². The van der Waals surface area contributed by atoms with E-state index >= 15 is 0 Å². The van der Waals surface area contributed by atoms with Crippen molar-refractivity contribution in [2.45, 2.75) is 0 Å². The summed E-state index contributed by atoms with van der Waals surface area (Å²) < 4.78 is 2.03. The number of para-hydroxylation sites is 1. The molecule has 75 valence electrons. The average Bonchev–Trinajstić information content (AvgIpc) is 3.01. The first-order valence-corrected chi connectivity index (χ1v) is 5.25. The highest BCUT2D eigenvalue weighted by molar-refractivity contribution is 6.66. The normalized spacial score (nSPS) is 13.6. The van der Waals surface area contributed by atoms with E-state index < -0.39 is 0 Å². The Morgan fingerprint density at radius 1 is 1.12 bits per heavy atom. The van der Waals surface area contributed by atoms with E-state index in [1.807, 2.05) is 47.3 Å². The van der Waals surface area contributed by atoms with E-state index in [0.717, 1.165) is 16.9 Å². The molecular formula is C13H10BN2. The smallest absolute Gasteiger partial charge is 0.184 e. The first kappa shape index (κ1) is 9.22. The van der Waals surface area contributed by atoms with Crippen molar-refractivity contribution in [2.24, 2.45) is 0 Å². The largest absolute Gasteiger partial charge is 0.306 e. The highest BCUT2D eigenvalue weighted by Gasteiger charge is 2.07. The second-order valence-corrected chi connectivity index (χ2v) is 3.68. The van der Waals surface area contributed by atoms with Gasteiger partial charge in [0.25, 0.3) is 0 Å². The molecule has 1 aliphatic rings. The predicted octanol–water partition coefficient (Wildman–Crippen LogP) is 2.44. The Bertz CT molecular complexity index is 552. The quantitative estimate of drug-likeness (QED) is 0.688. The van der Waals surface area contributed by atoms with Crippen LogP contribution in [0.4, 0.5) is 0 Å². The number of aromatic nitrogens is 2. The summed E-state index contributed by atoms with van der Waals surface area (Å²) in [6.07, 6.45) is 7.98. The number of nitrogens with zero attached hydrogens (tertiary/aromatic N) is 2. The molecule has 0 saturated carbocycles. The Labute approximate surface area is 95.2 Å². The lowest BCUT2D eigenvalue weighted by atomic mass is 9.72. The molecule has 0 aliphatic carbocycles. The van der Waals surface area contributed by atoms with Crippen molar-refractivity contribution >= 4 is 12.8 Å². The number of hydrogen-bond acceptors (Lipinski definition) is 1. The van der Waals surface area contributed by atoms with Crippen LogP contribution in [0.5, 0.6) is 0 Å². The third-order valence-electron chi connectivity index (χ3n) is 2.60. The summed E-state index contributed by atoms with van der Waals surface area (Å²) in [6, 6.07) is 10.2. The average molecular weight is 205 g/mol. The maximum absolute atomic E-state index is 4.40. The van der Waals surface area contributed by atoms with Crippen LogP contribution in [-0.2, 0) is 0 Å². The Morgan fingerprint density at radius 3 is 2.75 bits per heavy atom. The summed E-state index contributed by atoms with van der Waals surface area (Å²) in [4.78, 5) is 4.40. The first-order valence-electron chi connectivity index (χ1n) is 5.25. The van der Waals surface area contributed by atoms with Crippen molar-refractivity contribution in [2.75, 3.05) is 0 Å². The Hall–Kier alpha value is -2.03. The van der Waals surface area contributed by atoms with E-state index in [2.05, 4.69) is 30.5 Å². The van der Waals surface area contributed by atoms with Crippen LogP contribution in [0.1, 0.15) is 5.69 Å². The molecule has 2 heterocycles. The number of rotatable bonds is 2. The third-order valence-corrected chi connectivity index (χ3v) is 2.60. The maximum Gasteiger partial charge on any atom is 0.184 e. The van der Waals surface area contributed by atoms with Gasteiger partial charge in [0.15, 0.2) is 7.28 Å². The molecule has 0 fully saturated rings. The summed E-state index contributed by atoms with van der Waals surface area (Å²) in [7, 11) is 2.07. The highest BCUT2D eigenvalue weighted by atomic mass is 15.0. The van der Waals surface area contributed by atoms with Crippen molar-refractivity contribution in [3.8, 4) is 5.69 Å². The van der Waals surface area contributed by atoms with Gasteiger partial charge in [-0.15, -0.1) is 5.98 Å². The lowest BCUT2D eigenvalue weighted by Gasteiger charge is -1.99. The first-order chi connectivity index (χ1) is 7.93. The van der Waals surface area contributed by atoms with Crippen LogP contribution in [0.3, 0.4) is 0 Å². The van der Waals surface area contributed by atoms with E-state index in [1.165, 1.54) is 0 Å². The minimum Gasteiger partial charge on any atom is -0.306 e. The third kappa shape index (κ3) is 1.61. The van der Waals surface area contributed by atoms with Gasteiger partial charge in [0.05, 0.1) is 12.0 Å². The summed E-state index contributed by atoms with van der Waals surface area (Å²) in [5, 5.41) is 0. The Morgan fingerprint density at radius 2 is 2.00 bits per heavy atom. The molecule has 0 bridgehead atoms. The Balaban J connectivity index is 1.94. The summed E-state index contributed by atoms with van der Waals surface area (Å²) in [5.74, 6) is 2.02. The number of benzene rings is 1. The fourth-order valence-electron chi connectivity index (χ4n) is 1.76. The summed E-state index contributed by atoms with van der Waals surface area (Å²) >= 11 is 0. The standard InChI is InChI=1S/C13H10BN2/c1-2-5-11(6-3-1)16-9-13(15-10-16)12-7-4-8-14-12/h1-10H. The number of hydrogen-bond donors (Lipinski definition) is 0. The van der Waals surface area contributed by atoms with Crippen LogP contribution in [0.15, 0.2) is 61.0 Å². The SMILES string of the molecule is [B]1C=CC=C1c1cn(-c2ccccc2)cn1. The van der Waals surface area contributed by atoms with Crippen molar-refractivity contribution in [1.82, 2.24) is 9.55 Å². The van der Waals surface area contributed by atoms with Gasteiger partial charge in [-0.05, 0) is 12.1 Å².